The molecule has 0 aliphatic carbocycles. The lowest BCUT2D eigenvalue weighted by atomic mass is 10.2. The number of methoxy groups -OCH3 is 1. The fourth-order valence-electron chi connectivity index (χ4n) is 2.20. The number of phenolic OH excluding ortho intramolecular Hbond substituents is 1. The maximum Gasteiger partial charge on any atom is 0.236 e. The molecule has 0 aromatic heterocycles. The summed E-state index contributed by atoms with van der Waals surface area (Å²) in [6.07, 6.45) is 2.20. The molecule has 5 nitrogen and oxygen atoms in total. The molecular formula is C14H20N2O3. The molecule has 0 unspecified atom stereocenters. The normalized spacial score (nSPS) is 14.7. The van der Waals surface area contributed by atoms with Gasteiger partial charge >= 0.3 is 0 Å². The molecule has 19 heavy (non-hydrogen) atoms. The van der Waals surface area contributed by atoms with Crippen LogP contribution in [-0.2, 0) is 11.3 Å². The van der Waals surface area contributed by atoms with E-state index in [9.17, 15) is 9.90 Å². The van der Waals surface area contributed by atoms with Crippen molar-refractivity contribution < 1.29 is 14.6 Å². The Hall–Kier alpha value is -1.75. The second-order valence-electron chi connectivity index (χ2n) is 4.69. The third kappa shape index (κ3) is 3.61. The predicted octanol–water partition coefficient (Wildman–Crippen LogP) is 1.11. The van der Waals surface area contributed by atoms with Gasteiger partial charge in [0, 0.05) is 31.3 Å². The van der Waals surface area contributed by atoms with E-state index in [4.69, 9.17) is 4.74 Å². The summed E-state index contributed by atoms with van der Waals surface area (Å²) in [5, 5.41) is 12.8. The van der Waals surface area contributed by atoms with Crippen LogP contribution in [0.15, 0.2) is 18.2 Å². The number of nitrogens with one attached hydrogen (secondary N) is 1. The minimum atomic E-state index is 0.130. The summed E-state index contributed by atoms with van der Waals surface area (Å²) >= 11 is 0. The number of likely N-dealkylation sites (tertiary alicyclic amines) is 1. The lowest BCUT2D eigenvalue weighted by Crippen LogP contribution is -2.35. The number of nitrogens with zero attached hydrogens (tertiary/aromatic N) is 1. The lowest BCUT2D eigenvalue weighted by Gasteiger charge is -2.15. The van der Waals surface area contributed by atoms with Crippen molar-refractivity contribution in [3.8, 4) is 11.5 Å². The number of carbonyl (C=O) groups excluding carboxylic acids is 1. The third-order valence-corrected chi connectivity index (χ3v) is 3.34. The van der Waals surface area contributed by atoms with Crippen LogP contribution in [0.25, 0.3) is 0 Å². The van der Waals surface area contributed by atoms with Crippen molar-refractivity contribution in [1.29, 1.82) is 0 Å². The van der Waals surface area contributed by atoms with Crippen LogP contribution in [0.5, 0.6) is 11.5 Å². The van der Waals surface area contributed by atoms with Crippen molar-refractivity contribution in [2.24, 2.45) is 0 Å². The standard InChI is InChI=1S/C14H20N2O3/c1-19-12-5-4-11(13(17)8-12)9-15-10-14(18)16-6-2-3-7-16/h4-5,8,15,17H,2-3,6-7,9-10H2,1H3. The summed E-state index contributed by atoms with van der Waals surface area (Å²) in [5.74, 6) is 0.931. The van der Waals surface area contributed by atoms with Gasteiger partial charge in [-0.2, -0.15) is 0 Å². The molecule has 0 spiro atoms. The maximum atomic E-state index is 11.8. The molecule has 1 saturated heterocycles. The van der Waals surface area contributed by atoms with Gasteiger partial charge in [0.05, 0.1) is 13.7 Å². The number of benzene rings is 1. The SMILES string of the molecule is COc1ccc(CNCC(=O)N2CCCC2)c(O)c1. The van der Waals surface area contributed by atoms with E-state index < -0.39 is 0 Å². The van der Waals surface area contributed by atoms with E-state index in [-0.39, 0.29) is 11.7 Å². The molecule has 0 bridgehead atoms. The van der Waals surface area contributed by atoms with Gasteiger partial charge in [-0.1, -0.05) is 6.07 Å². The Morgan fingerprint density at radius 1 is 1.42 bits per heavy atom. The van der Waals surface area contributed by atoms with Gasteiger partial charge in [-0.25, -0.2) is 0 Å². The number of aromatic hydroxyl groups is 1. The minimum absolute atomic E-state index is 0.130. The van der Waals surface area contributed by atoms with Gasteiger partial charge in [0.15, 0.2) is 0 Å². The second kappa shape index (κ2) is 6.43. The van der Waals surface area contributed by atoms with Crippen molar-refractivity contribution in [3.63, 3.8) is 0 Å². The first-order valence-electron chi connectivity index (χ1n) is 6.55. The van der Waals surface area contributed by atoms with E-state index in [0.29, 0.717) is 18.8 Å². The molecule has 0 atom stereocenters. The van der Waals surface area contributed by atoms with Crippen LogP contribution in [0, 0.1) is 0 Å². The molecule has 5 heteroatoms. The Balaban J connectivity index is 1.80. The van der Waals surface area contributed by atoms with Crippen LogP contribution in [0.1, 0.15) is 18.4 Å². The first-order valence-corrected chi connectivity index (χ1v) is 6.55. The zero-order valence-corrected chi connectivity index (χ0v) is 11.2. The molecular weight excluding hydrogens is 244 g/mol. The number of hydrogen-bond donors (Lipinski definition) is 2. The molecule has 104 valence electrons. The van der Waals surface area contributed by atoms with Crippen molar-refractivity contribution in [3.05, 3.63) is 23.8 Å². The molecule has 1 fully saturated rings. The fraction of sp³-hybridized carbons (Fsp3) is 0.500. The van der Waals surface area contributed by atoms with E-state index in [1.807, 2.05) is 4.90 Å². The van der Waals surface area contributed by atoms with Crippen molar-refractivity contribution in [1.82, 2.24) is 10.2 Å². The highest BCUT2D eigenvalue weighted by molar-refractivity contribution is 5.78. The van der Waals surface area contributed by atoms with Gasteiger partial charge in [-0.3, -0.25) is 4.79 Å². The zero-order valence-electron chi connectivity index (χ0n) is 11.2. The molecule has 1 aromatic rings. The second-order valence-corrected chi connectivity index (χ2v) is 4.69. The number of ether oxygens (including phenoxy) is 1. The number of rotatable bonds is 5. The van der Waals surface area contributed by atoms with Crippen molar-refractivity contribution >= 4 is 5.91 Å². The summed E-state index contributed by atoms with van der Waals surface area (Å²) in [6, 6.07) is 5.15. The number of phenols is 1. The third-order valence-electron chi connectivity index (χ3n) is 3.34. The molecule has 2 rings (SSSR count). The molecule has 1 amide bonds. The van der Waals surface area contributed by atoms with Gasteiger partial charge in [0.1, 0.15) is 11.5 Å². The minimum Gasteiger partial charge on any atom is -0.507 e. The smallest absolute Gasteiger partial charge is 0.236 e. The van der Waals surface area contributed by atoms with Crippen LogP contribution < -0.4 is 10.1 Å². The maximum absolute atomic E-state index is 11.8. The molecule has 1 aliphatic rings. The van der Waals surface area contributed by atoms with E-state index in [1.54, 1.807) is 25.3 Å². The Bertz CT molecular complexity index is 442. The van der Waals surface area contributed by atoms with Gasteiger partial charge in [0.2, 0.25) is 5.91 Å². The van der Waals surface area contributed by atoms with Gasteiger partial charge < -0.3 is 20.1 Å². The Morgan fingerprint density at radius 3 is 2.79 bits per heavy atom. The van der Waals surface area contributed by atoms with Crippen LogP contribution in [0.3, 0.4) is 0 Å². The summed E-state index contributed by atoms with van der Waals surface area (Å²) in [5.41, 5.74) is 0.759. The fourth-order valence-corrected chi connectivity index (χ4v) is 2.20. The van der Waals surface area contributed by atoms with Crippen LogP contribution in [0.4, 0.5) is 0 Å². The molecule has 0 saturated carbocycles. The van der Waals surface area contributed by atoms with Gasteiger partial charge in [-0.05, 0) is 18.9 Å². The molecule has 1 aliphatic heterocycles. The molecule has 1 heterocycles. The van der Waals surface area contributed by atoms with E-state index >= 15 is 0 Å². The quantitative estimate of drug-likeness (QED) is 0.836. The summed E-state index contributed by atoms with van der Waals surface area (Å²) < 4.78 is 5.02. The Labute approximate surface area is 113 Å². The predicted molar refractivity (Wildman–Crippen MR) is 72.2 cm³/mol. The lowest BCUT2D eigenvalue weighted by molar-refractivity contribution is -0.129. The molecule has 0 radical (unpaired) electrons. The van der Waals surface area contributed by atoms with Gasteiger partial charge in [0.25, 0.3) is 0 Å². The first kappa shape index (κ1) is 13.7. The molecule has 1 aromatic carbocycles. The summed E-state index contributed by atoms with van der Waals surface area (Å²) in [6.45, 7) is 2.52. The van der Waals surface area contributed by atoms with Crippen LogP contribution >= 0.6 is 0 Å². The first-order chi connectivity index (χ1) is 9.20. The van der Waals surface area contributed by atoms with Gasteiger partial charge in [-0.15, -0.1) is 0 Å². The van der Waals surface area contributed by atoms with Crippen LogP contribution in [-0.4, -0.2) is 42.7 Å². The number of carbonyl (C=O) groups is 1. The Morgan fingerprint density at radius 2 is 2.16 bits per heavy atom. The zero-order chi connectivity index (χ0) is 13.7. The van der Waals surface area contributed by atoms with E-state index in [1.165, 1.54) is 0 Å². The van der Waals surface area contributed by atoms with Crippen molar-refractivity contribution in [2.45, 2.75) is 19.4 Å². The van der Waals surface area contributed by atoms with Crippen LogP contribution in [0.2, 0.25) is 0 Å². The number of amides is 1. The van der Waals surface area contributed by atoms with E-state index in [0.717, 1.165) is 31.5 Å². The molecule has 2 N–H and O–H groups in total. The summed E-state index contributed by atoms with van der Waals surface area (Å²) in [4.78, 5) is 13.7. The highest BCUT2D eigenvalue weighted by Crippen LogP contribution is 2.23. The monoisotopic (exact) mass is 264 g/mol. The van der Waals surface area contributed by atoms with E-state index in [2.05, 4.69) is 5.32 Å². The average molecular weight is 264 g/mol. The number of hydrogen-bond acceptors (Lipinski definition) is 4. The largest absolute Gasteiger partial charge is 0.507 e. The Kier molecular flexibility index (Phi) is 4.63. The topological polar surface area (TPSA) is 61.8 Å². The highest BCUT2D eigenvalue weighted by Gasteiger charge is 2.17. The van der Waals surface area contributed by atoms with Crippen molar-refractivity contribution in [2.75, 3.05) is 26.7 Å². The highest BCUT2D eigenvalue weighted by atomic mass is 16.5. The average Bonchev–Trinajstić information content (AvgIpc) is 2.94. The summed E-state index contributed by atoms with van der Waals surface area (Å²) in [7, 11) is 1.56.